The summed E-state index contributed by atoms with van der Waals surface area (Å²) in [5.41, 5.74) is 9.71. The Morgan fingerprint density at radius 3 is 2.44 bits per heavy atom. The van der Waals surface area contributed by atoms with Gasteiger partial charge in [0.15, 0.2) is 0 Å². The van der Waals surface area contributed by atoms with Crippen LogP contribution in [0.5, 0.6) is 11.5 Å². The van der Waals surface area contributed by atoms with E-state index in [0.29, 0.717) is 55.6 Å². The van der Waals surface area contributed by atoms with Gasteiger partial charge in [0.2, 0.25) is 0 Å². The minimum absolute atomic E-state index is 0.0439. The molecule has 0 saturated carbocycles. The molecule has 0 aromatic heterocycles. The molecule has 3 N–H and O–H groups in total. The van der Waals surface area contributed by atoms with Gasteiger partial charge >= 0.3 is 0 Å². The second kappa shape index (κ2) is 16.5. The van der Waals surface area contributed by atoms with Crippen LogP contribution in [0.4, 0.5) is 5.69 Å². The molecule has 43 heavy (non-hydrogen) atoms. The summed E-state index contributed by atoms with van der Waals surface area (Å²) in [7, 11) is 0. The highest BCUT2D eigenvalue weighted by Gasteiger charge is 2.30. The maximum atomic E-state index is 9.95. The first-order valence-electron chi connectivity index (χ1n) is 14.6. The van der Waals surface area contributed by atoms with E-state index in [-0.39, 0.29) is 18.4 Å². The number of nitrogens with zero attached hydrogens (tertiary/aromatic N) is 2. The summed E-state index contributed by atoms with van der Waals surface area (Å²) in [4.78, 5) is 2.45. The summed E-state index contributed by atoms with van der Waals surface area (Å²) in [6, 6.07) is 11.4. The maximum absolute atomic E-state index is 9.95. The molecule has 2 fully saturated rings. The van der Waals surface area contributed by atoms with Crippen LogP contribution in [0.3, 0.4) is 0 Å². The lowest BCUT2D eigenvalue weighted by Gasteiger charge is -2.41. The van der Waals surface area contributed by atoms with Crippen LogP contribution < -0.4 is 15.2 Å². The maximum Gasteiger partial charge on any atom is 0.140 e. The highest BCUT2D eigenvalue weighted by molar-refractivity contribution is 6.36. The molecule has 2 aliphatic rings. The van der Waals surface area contributed by atoms with Gasteiger partial charge in [0.05, 0.1) is 30.5 Å². The van der Waals surface area contributed by atoms with Crippen molar-refractivity contribution in [2.45, 2.75) is 59.1 Å². The predicted octanol–water partition coefficient (Wildman–Crippen LogP) is 7.72. The van der Waals surface area contributed by atoms with E-state index >= 15 is 0 Å². The van der Waals surface area contributed by atoms with Crippen LogP contribution in [-0.2, 0) is 4.74 Å². The lowest BCUT2D eigenvalue weighted by molar-refractivity contribution is -0.0778. The minimum atomic E-state index is 0.0439. The molecule has 0 unspecified atom stereocenters. The Morgan fingerprint density at radius 2 is 1.88 bits per heavy atom. The molecule has 4 rings (SSSR count). The Bertz CT molecular complexity index is 1400. The third-order valence-corrected chi connectivity index (χ3v) is 8.10. The predicted molar refractivity (Wildman–Crippen MR) is 177 cm³/mol. The first-order valence-corrected chi connectivity index (χ1v) is 15.4. The third-order valence-electron chi connectivity index (χ3n) is 7.27. The molecule has 0 amide bonds. The van der Waals surface area contributed by atoms with Gasteiger partial charge in [-0.25, -0.2) is 0 Å². The number of nitriles is 1. The van der Waals surface area contributed by atoms with Crippen molar-refractivity contribution in [1.82, 2.24) is 4.90 Å². The lowest BCUT2D eigenvalue weighted by Crippen LogP contribution is -2.52. The van der Waals surface area contributed by atoms with Gasteiger partial charge in [-0.2, -0.15) is 5.26 Å². The molecule has 2 saturated heterocycles. The smallest absolute Gasteiger partial charge is 0.140 e. The fraction of sp³-hybridized carbons (Fsp3) is 0.412. The van der Waals surface area contributed by atoms with E-state index in [1.165, 1.54) is 12.5 Å². The second-order valence-corrected chi connectivity index (χ2v) is 11.4. The van der Waals surface area contributed by atoms with Gasteiger partial charge in [-0.05, 0) is 62.6 Å². The standard InChI is InChI=1S/C31H34Cl2N4O3.C3H8/c1-4-27(32)26(28(33)5-2)18-39-24-6-7-29(35)25(14-24)30(36)20-12-19(3)31(21(13-20)15-34)40-23-8-10-37(11-9-23)22-16-38-17-22;1-3-2/h4-7,12-14,22-23,36H,1,8-11,16-18,35H2,2-3H3;3H2,1-2H3/b27-26+,28-5+,36-30?;. The zero-order valence-electron chi connectivity index (χ0n) is 25.5. The van der Waals surface area contributed by atoms with Gasteiger partial charge in [0, 0.05) is 45.5 Å². The number of halogens is 2. The summed E-state index contributed by atoms with van der Waals surface area (Å²) in [6.45, 7) is 15.3. The molecule has 0 aliphatic carbocycles. The number of ether oxygens (including phenoxy) is 3. The second-order valence-electron chi connectivity index (χ2n) is 10.6. The first kappa shape index (κ1) is 34.2. The van der Waals surface area contributed by atoms with Crippen LogP contribution in [0.25, 0.3) is 0 Å². The van der Waals surface area contributed by atoms with E-state index < -0.39 is 0 Å². The Labute approximate surface area is 266 Å². The van der Waals surface area contributed by atoms with E-state index in [1.54, 1.807) is 37.3 Å². The van der Waals surface area contributed by atoms with Gasteiger partial charge in [0.25, 0.3) is 0 Å². The molecule has 0 atom stereocenters. The molecule has 2 aliphatic heterocycles. The molecular formula is C34H42Cl2N4O3. The normalized spacial score (nSPS) is 16.6. The van der Waals surface area contributed by atoms with Crippen molar-refractivity contribution in [3.05, 3.63) is 87.0 Å². The van der Waals surface area contributed by atoms with E-state index in [2.05, 4.69) is 31.4 Å². The average Bonchev–Trinajstić information content (AvgIpc) is 2.98. The average molecular weight is 626 g/mol. The van der Waals surface area contributed by atoms with Crippen LogP contribution in [-0.4, -0.2) is 55.7 Å². The van der Waals surface area contributed by atoms with Crippen LogP contribution in [0.2, 0.25) is 0 Å². The van der Waals surface area contributed by atoms with Crippen LogP contribution in [0.1, 0.15) is 62.3 Å². The summed E-state index contributed by atoms with van der Waals surface area (Å²) >= 11 is 12.6. The summed E-state index contributed by atoms with van der Waals surface area (Å²) in [5, 5.41) is 19.7. The van der Waals surface area contributed by atoms with Crippen LogP contribution in [0.15, 0.2) is 64.7 Å². The highest BCUT2D eigenvalue weighted by atomic mass is 35.5. The van der Waals surface area contributed by atoms with E-state index in [0.717, 1.165) is 44.7 Å². The first-order chi connectivity index (χ1) is 20.7. The summed E-state index contributed by atoms with van der Waals surface area (Å²) in [5.74, 6) is 1.08. The van der Waals surface area contributed by atoms with E-state index in [9.17, 15) is 5.26 Å². The number of nitrogen functional groups attached to an aromatic ring is 1. The fourth-order valence-electron chi connectivity index (χ4n) is 4.82. The highest BCUT2D eigenvalue weighted by Crippen LogP contribution is 2.32. The number of anilines is 1. The van der Waals surface area contributed by atoms with Gasteiger partial charge in [0.1, 0.15) is 30.3 Å². The summed E-state index contributed by atoms with van der Waals surface area (Å²) in [6.07, 6.45) is 6.33. The Kier molecular flexibility index (Phi) is 13.2. The van der Waals surface area contributed by atoms with Crippen molar-refractivity contribution in [2.75, 3.05) is 38.6 Å². The van der Waals surface area contributed by atoms with E-state index in [4.69, 9.17) is 48.6 Å². The van der Waals surface area contributed by atoms with Gasteiger partial charge < -0.3 is 19.9 Å². The van der Waals surface area contributed by atoms with Crippen molar-refractivity contribution in [2.24, 2.45) is 0 Å². The van der Waals surface area contributed by atoms with Crippen molar-refractivity contribution < 1.29 is 14.2 Å². The number of likely N-dealkylation sites (tertiary alicyclic amines) is 1. The number of hydrogen-bond donors (Lipinski definition) is 2. The third kappa shape index (κ3) is 8.87. The quantitative estimate of drug-likeness (QED) is 0.159. The number of nitrogens with one attached hydrogen (secondary N) is 1. The van der Waals surface area contributed by atoms with Crippen molar-refractivity contribution in [3.8, 4) is 17.6 Å². The summed E-state index contributed by atoms with van der Waals surface area (Å²) < 4.78 is 17.6. The Hall–Kier alpha value is -3.28. The molecule has 0 bridgehead atoms. The monoisotopic (exact) mass is 624 g/mol. The largest absolute Gasteiger partial charge is 0.489 e. The molecule has 0 spiro atoms. The molecular weight excluding hydrogens is 583 g/mol. The Morgan fingerprint density at radius 1 is 1.21 bits per heavy atom. The SMILES string of the molecule is C=C/C(Cl)=C(COc1ccc(N)c(C(=N)c2cc(C)c(OC3CCN(C4COC4)CC3)c(C#N)c2)c1)\C(Cl)=C/C.CCC. The topological polar surface area (TPSA) is 105 Å². The zero-order valence-corrected chi connectivity index (χ0v) is 27.0. The van der Waals surface area contributed by atoms with Crippen molar-refractivity contribution in [1.29, 1.82) is 10.7 Å². The van der Waals surface area contributed by atoms with Crippen LogP contribution >= 0.6 is 23.2 Å². The number of aryl methyl sites for hydroxylation is 1. The minimum Gasteiger partial charge on any atom is -0.489 e. The molecule has 2 aromatic carbocycles. The molecule has 2 heterocycles. The lowest BCUT2D eigenvalue weighted by atomic mass is 9.96. The number of hydrogen-bond acceptors (Lipinski definition) is 7. The molecule has 7 nitrogen and oxygen atoms in total. The molecule has 0 radical (unpaired) electrons. The number of benzene rings is 2. The van der Waals surface area contributed by atoms with Crippen molar-refractivity contribution in [3.63, 3.8) is 0 Å². The molecule has 9 heteroatoms. The number of nitrogens with two attached hydrogens (primary N) is 1. The molecule has 2 aromatic rings. The van der Waals surface area contributed by atoms with Gasteiger partial charge in [-0.15, -0.1) is 0 Å². The van der Waals surface area contributed by atoms with Crippen LogP contribution in [0, 0.1) is 23.7 Å². The fourth-order valence-corrected chi connectivity index (χ4v) is 5.18. The van der Waals surface area contributed by atoms with Gasteiger partial charge in [-0.1, -0.05) is 62.2 Å². The Balaban J connectivity index is 0.00000162. The van der Waals surface area contributed by atoms with Gasteiger partial charge in [-0.3, -0.25) is 10.3 Å². The number of piperidine rings is 1. The van der Waals surface area contributed by atoms with E-state index in [1.807, 2.05) is 13.0 Å². The zero-order chi connectivity index (χ0) is 31.5. The molecule has 230 valence electrons. The number of allylic oxidation sites excluding steroid dienone is 3. The van der Waals surface area contributed by atoms with Crippen molar-refractivity contribution >= 4 is 34.6 Å². The number of rotatable bonds is 10.